The molecule has 170 valence electrons. The van der Waals surface area contributed by atoms with Crippen molar-refractivity contribution in [1.82, 2.24) is 24.9 Å². The molecule has 5 aromatic rings. The largest absolute Gasteiger partial charge is 0.341 e. The van der Waals surface area contributed by atoms with Gasteiger partial charge in [-0.15, -0.1) is 11.3 Å². The van der Waals surface area contributed by atoms with E-state index in [1.165, 1.54) is 11.3 Å². The number of thiocarbonyl (C=S) groups is 1. The molecule has 0 atom stereocenters. The van der Waals surface area contributed by atoms with E-state index in [0.717, 1.165) is 53.1 Å². The molecule has 0 fully saturated rings. The number of imidazole rings is 1. The summed E-state index contributed by atoms with van der Waals surface area (Å²) in [5.41, 5.74) is 6.72. The standard InChI is InChI=1S/C23H18BrN7S3/c1-12-7-14(34-21-19-20(26-10-25-19)27-11-28-21)8-13(2)18(12)17-9-33-23(30-17)31-22(32)29-16-6-4-3-5-15(16)24/h3-11H,1-2H3,(H,25,26,27,28)(H2,29,30,31,32). The number of thiazole rings is 1. The van der Waals surface area contributed by atoms with Gasteiger partial charge in [-0.3, -0.25) is 0 Å². The number of halogens is 1. The summed E-state index contributed by atoms with van der Waals surface area (Å²) in [7, 11) is 0. The predicted octanol–water partition coefficient (Wildman–Crippen LogP) is 6.82. The number of rotatable bonds is 5. The number of aromatic nitrogens is 5. The van der Waals surface area contributed by atoms with E-state index in [9.17, 15) is 0 Å². The summed E-state index contributed by atoms with van der Waals surface area (Å²) in [5.74, 6) is 0. The third-order valence-electron chi connectivity index (χ3n) is 5.01. The number of nitrogens with one attached hydrogen (secondary N) is 3. The van der Waals surface area contributed by atoms with Crippen molar-refractivity contribution in [3.05, 3.63) is 70.0 Å². The first-order valence-electron chi connectivity index (χ1n) is 10.2. The van der Waals surface area contributed by atoms with Gasteiger partial charge in [0.15, 0.2) is 15.9 Å². The number of aromatic amines is 1. The Morgan fingerprint density at radius 3 is 2.68 bits per heavy atom. The lowest BCUT2D eigenvalue weighted by molar-refractivity contribution is 1.08. The molecule has 3 aromatic heterocycles. The van der Waals surface area contributed by atoms with Gasteiger partial charge < -0.3 is 15.6 Å². The smallest absolute Gasteiger partial charge is 0.189 e. The number of aryl methyl sites for hydroxylation is 2. The van der Waals surface area contributed by atoms with Crippen LogP contribution in [0.2, 0.25) is 0 Å². The Labute approximate surface area is 218 Å². The summed E-state index contributed by atoms with van der Waals surface area (Å²) < 4.78 is 0.943. The fraction of sp³-hybridized carbons (Fsp3) is 0.0870. The van der Waals surface area contributed by atoms with Gasteiger partial charge in [-0.25, -0.2) is 19.9 Å². The van der Waals surface area contributed by atoms with Gasteiger partial charge in [0.05, 0.1) is 17.7 Å². The second-order valence-electron chi connectivity index (χ2n) is 7.41. The van der Waals surface area contributed by atoms with E-state index in [0.29, 0.717) is 10.8 Å². The summed E-state index contributed by atoms with van der Waals surface area (Å²) >= 11 is 12.1. The van der Waals surface area contributed by atoms with Crippen molar-refractivity contribution < 1.29 is 0 Å². The van der Waals surface area contributed by atoms with Crippen molar-refractivity contribution in [3.63, 3.8) is 0 Å². The molecule has 0 saturated heterocycles. The lowest BCUT2D eigenvalue weighted by Gasteiger charge is -2.11. The zero-order valence-corrected chi connectivity index (χ0v) is 22.1. The zero-order valence-electron chi connectivity index (χ0n) is 18.1. The van der Waals surface area contributed by atoms with E-state index < -0.39 is 0 Å². The fourth-order valence-corrected chi connectivity index (χ4v) is 5.99. The summed E-state index contributed by atoms with van der Waals surface area (Å²) in [4.78, 5) is 21.8. The first-order chi connectivity index (χ1) is 16.5. The minimum atomic E-state index is 0.489. The second kappa shape index (κ2) is 9.79. The van der Waals surface area contributed by atoms with Gasteiger partial charge in [0.2, 0.25) is 0 Å². The van der Waals surface area contributed by atoms with Crippen LogP contribution in [-0.2, 0) is 0 Å². The molecule has 0 unspecified atom stereocenters. The van der Waals surface area contributed by atoms with Crippen LogP contribution >= 0.6 is 51.2 Å². The SMILES string of the molecule is Cc1cc(Sc2ncnc3nc[nH]c23)cc(C)c1-c1csc(NC(=S)Nc2ccccc2Br)n1. The number of nitrogens with zero attached hydrogens (tertiary/aromatic N) is 4. The van der Waals surface area contributed by atoms with Crippen molar-refractivity contribution >= 4 is 78.3 Å². The first kappa shape index (κ1) is 22.9. The quantitative estimate of drug-likeness (QED) is 0.157. The molecule has 0 spiro atoms. The molecule has 3 N–H and O–H groups in total. The minimum absolute atomic E-state index is 0.489. The van der Waals surface area contributed by atoms with Crippen LogP contribution in [0.3, 0.4) is 0 Å². The van der Waals surface area contributed by atoms with Crippen molar-refractivity contribution in [2.24, 2.45) is 0 Å². The number of H-pyrrole nitrogens is 1. The molecule has 34 heavy (non-hydrogen) atoms. The number of hydrogen-bond donors (Lipinski definition) is 3. The highest BCUT2D eigenvalue weighted by Gasteiger charge is 2.14. The molecular weight excluding hydrogens is 550 g/mol. The normalized spacial score (nSPS) is 11.0. The topological polar surface area (TPSA) is 91.4 Å². The lowest BCUT2D eigenvalue weighted by Crippen LogP contribution is -2.19. The molecular formula is C23H18BrN7S3. The number of fused-ring (bicyclic) bond motifs is 1. The first-order valence-corrected chi connectivity index (χ1v) is 13.1. The molecule has 3 heterocycles. The third kappa shape index (κ3) is 4.83. The Morgan fingerprint density at radius 1 is 1.09 bits per heavy atom. The zero-order chi connectivity index (χ0) is 23.7. The summed E-state index contributed by atoms with van der Waals surface area (Å²) in [6.45, 7) is 4.20. The van der Waals surface area contributed by atoms with Crippen molar-refractivity contribution in [2.45, 2.75) is 23.8 Å². The van der Waals surface area contributed by atoms with Crippen LogP contribution in [0.15, 0.2) is 68.8 Å². The van der Waals surface area contributed by atoms with Crippen molar-refractivity contribution in [3.8, 4) is 11.3 Å². The predicted molar refractivity (Wildman–Crippen MR) is 147 cm³/mol. The van der Waals surface area contributed by atoms with Gasteiger partial charge in [-0.1, -0.05) is 23.9 Å². The van der Waals surface area contributed by atoms with Gasteiger partial charge >= 0.3 is 0 Å². The average Bonchev–Trinajstić information content (AvgIpc) is 3.45. The highest BCUT2D eigenvalue weighted by Crippen LogP contribution is 2.36. The van der Waals surface area contributed by atoms with Gasteiger partial charge in [0.25, 0.3) is 0 Å². The van der Waals surface area contributed by atoms with Gasteiger partial charge in [0, 0.05) is 20.3 Å². The van der Waals surface area contributed by atoms with Crippen molar-refractivity contribution in [2.75, 3.05) is 10.6 Å². The molecule has 0 radical (unpaired) electrons. The van der Waals surface area contributed by atoms with Crippen LogP contribution in [0.4, 0.5) is 10.8 Å². The summed E-state index contributed by atoms with van der Waals surface area (Å²) in [5, 5.41) is 10.5. The van der Waals surface area contributed by atoms with Crippen molar-refractivity contribution in [1.29, 1.82) is 0 Å². The Balaban J connectivity index is 1.34. The number of benzene rings is 2. The molecule has 11 heteroatoms. The summed E-state index contributed by atoms with van der Waals surface area (Å²) in [6, 6.07) is 12.1. The molecule has 5 rings (SSSR count). The van der Waals surface area contributed by atoms with Crippen LogP contribution in [0, 0.1) is 13.8 Å². The van der Waals surface area contributed by atoms with E-state index in [1.54, 1.807) is 24.4 Å². The Bertz CT molecular complexity index is 1490. The minimum Gasteiger partial charge on any atom is -0.341 e. The Morgan fingerprint density at radius 2 is 1.88 bits per heavy atom. The molecule has 2 aromatic carbocycles. The highest BCUT2D eigenvalue weighted by atomic mass is 79.9. The average molecular weight is 569 g/mol. The second-order valence-corrected chi connectivity index (χ2v) is 10.6. The number of hydrogen-bond acceptors (Lipinski definition) is 7. The number of anilines is 2. The van der Waals surface area contributed by atoms with E-state index in [4.69, 9.17) is 17.2 Å². The Hall–Kier alpha value is -2.86. The lowest BCUT2D eigenvalue weighted by atomic mass is 10.0. The van der Waals surface area contributed by atoms with Gasteiger partial charge in [-0.05, 0) is 77.4 Å². The maximum absolute atomic E-state index is 5.46. The molecule has 0 amide bonds. The van der Waals surface area contributed by atoms with Crippen LogP contribution in [0.5, 0.6) is 0 Å². The van der Waals surface area contributed by atoms with Crippen LogP contribution in [-0.4, -0.2) is 30.0 Å². The molecule has 0 aliphatic carbocycles. The van der Waals surface area contributed by atoms with E-state index in [2.05, 4.69) is 72.5 Å². The monoisotopic (exact) mass is 567 g/mol. The van der Waals surface area contributed by atoms with Crippen LogP contribution < -0.4 is 10.6 Å². The maximum Gasteiger partial charge on any atom is 0.189 e. The molecule has 7 nitrogen and oxygen atoms in total. The summed E-state index contributed by atoms with van der Waals surface area (Å²) in [6.07, 6.45) is 3.18. The molecule has 0 bridgehead atoms. The fourth-order valence-electron chi connectivity index (χ4n) is 3.58. The molecule has 0 saturated carbocycles. The Kier molecular flexibility index (Phi) is 6.59. The van der Waals surface area contributed by atoms with Crippen LogP contribution in [0.25, 0.3) is 22.4 Å². The molecule has 0 aliphatic rings. The van der Waals surface area contributed by atoms with Crippen LogP contribution in [0.1, 0.15) is 11.1 Å². The van der Waals surface area contributed by atoms with E-state index in [-0.39, 0.29) is 0 Å². The van der Waals surface area contributed by atoms with Gasteiger partial charge in [-0.2, -0.15) is 0 Å². The third-order valence-corrected chi connectivity index (χ3v) is 7.64. The van der Waals surface area contributed by atoms with E-state index >= 15 is 0 Å². The van der Waals surface area contributed by atoms with Gasteiger partial charge in [0.1, 0.15) is 16.9 Å². The maximum atomic E-state index is 5.46. The number of para-hydroxylation sites is 1. The highest BCUT2D eigenvalue weighted by molar-refractivity contribution is 9.10. The molecule has 0 aliphatic heterocycles. The van der Waals surface area contributed by atoms with E-state index in [1.807, 2.05) is 29.6 Å².